The van der Waals surface area contributed by atoms with Crippen LogP contribution in [0.25, 0.3) is 5.65 Å². The van der Waals surface area contributed by atoms with Crippen molar-refractivity contribution in [2.24, 2.45) is 0 Å². The number of anilines is 2. The van der Waals surface area contributed by atoms with E-state index in [0.717, 1.165) is 44.6 Å². The molecule has 2 aliphatic heterocycles. The van der Waals surface area contributed by atoms with E-state index in [2.05, 4.69) is 20.4 Å². The van der Waals surface area contributed by atoms with E-state index in [1.807, 2.05) is 12.1 Å². The van der Waals surface area contributed by atoms with Crippen LogP contribution in [0.2, 0.25) is 0 Å². The Morgan fingerprint density at radius 2 is 1.50 bits per heavy atom. The van der Waals surface area contributed by atoms with Gasteiger partial charge in [-0.25, -0.2) is 8.42 Å². The molecule has 36 heavy (non-hydrogen) atoms. The molecule has 2 fully saturated rings. The van der Waals surface area contributed by atoms with Crippen LogP contribution in [-0.4, -0.2) is 64.6 Å². The van der Waals surface area contributed by atoms with E-state index in [4.69, 9.17) is 5.10 Å². The number of hydrogen-bond acceptors (Lipinski definition) is 7. The Kier molecular flexibility index (Phi) is 7.47. The maximum atomic E-state index is 13.0. The molecule has 0 bridgehead atoms. The number of benzene rings is 1. The Bertz CT molecular complexity index is 1290. The Hall–Kier alpha value is -3.05. The molecule has 0 radical (unpaired) electrons. The molecule has 1 aromatic carbocycles. The first-order chi connectivity index (χ1) is 17.5. The molecule has 0 atom stereocenters. The van der Waals surface area contributed by atoms with Crippen LogP contribution in [0, 0.1) is 0 Å². The van der Waals surface area contributed by atoms with Crippen LogP contribution < -0.4 is 10.2 Å². The number of sulfonamides is 1. The van der Waals surface area contributed by atoms with Crippen molar-refractivity contribution in [1.29, 1.82) is 0 Å². The summed E-state index contributed by atoms with van der Waals surface area (Å²) in [5.41, 5.74) is 1.22. The fourth-order valence-electron chi connectivity index (χ4n) is 4.86. The number of nitrogens with zero attached hydrogens (tertiary/aromatic N) is 6. The van der Waals surface area contributed by atoms with Gasteiger partial charge in [-0.1, -0.05) is 12.8 Å². The molecule has 0 saturated carbocycles. The van der Waals surface area contributed by atoms with Crippen molar-refractivity contribution in [2.75, 3.05) is 36.4 Å². The quantitative estimate of drug-likeness (QED) is 0.518. The lowest BCUT2D eigenvalue weighted by atomic mass is 10.1. The van der Waals surface area contributed by atoms with E-state index in [-0.39, 0.29) is 17.2 Å². The van der Waals surface area contributed by atoms with E-state index in [1.165, 1.54) is 19.3 Å². The monoisotopic (exact) mass is 511 g/mol. The molecule has 1 N–H and O–H groups in total. The minimum atomic E-state index is -3.51. The minimum Gasteiger partial charge on any atom is -0.355 e. The number of carbonyl (C=O) groups is 1. The lowest BCUT2D eigenvalue weighted by molar-refractivity contribution is -0.116. The fourth-order valence-corrected chi connectivity index (χ4v) is 6.38. The summed E-state index contributed by atoms with van der Waals surface area (Å²) in [6.45, 7) is 3.12. The highest BCUT2D eigenvalue weighted by Crippen LogP contribution is 2.22. The van der Waals surface area contributed by atoms with E-state index < -0.39 is 10.0 Å². The first-order valence-corrected chi connectivity index (χ1v) is 14.3. The molecule has 3 aromatic rings. The second-order valence-corrected chi connectivity index (χ2v) is 11.5. The van der Waals surface area contributed by atoms with Gasteiger partial charge in [0.25, 0.3) is 0 Å². The van der Waals surface area contributed by atoms with Crippen molar-refractivity contribution in [3.05, 3.63) is 42.2 Å². The van der Waals surface area contributed by atoms with Gasteiger partial charge in [0.2, 0.25) is 15.9 Å². The molecule has 1 amide bonds. The van der Waals surface area contributed by atoms with Crippen LogP contribution in [0.1, 0.15) is 57.2 Å². The van der Waals surface area contributed by atoms with Gasteiger partial charge in [0, 0.05) is 44.7 Å². The van der Waals surface area contributed by atoms with Crippen molar-refractivity contribution in [3.8, 4) is 0 Å². The zero-order valence-corrected chi connectivity index (χ0v) is 21.3. The lowest BCUT2D eigenvalue weighted by Gasteiger charge is -2.27. The number of aryl methyl sites for hydroxylation is 1. The van der Waals surface area contributed by atoms with Gasteiger partial charge < -0.3 is 10.2 Å². The average molecular weight is 512 g/mol. The fraction of sp³-hybridized carbons (Fsp3) is 0.520. The smallest absolute Gasteiger partial charge is 0.243 e. The summed E-state index contributed by atoms with van der Waals surface area (Å²) in [6.07, 6.45) is 8.11. The molecule has 10 nitrogen and oxygen atoms in total. The predicted molar refractivity (Wildman–Crippen MR) is 137 cm³/mol. The average Bonchev–Trinajstić information content (AvgIpc) is 3.09. The summed E-state index contributed by atoms with van der Waals surface area (Å²) in [6, 6.07) is 10.3. The molecule has 11 heteroatoms. The van der Waals surface area contributed by atoms with Gasteiger partial charge in [0.15, 0.2) is 11.5 Å². The van der Waals surface area contributed by atoms with Gasteiger partial charge in [-0.15, -0.1) is 15.3 Å². The highest BCUT2D eigenvalue weighted by Gasteiger charge is 2.25. The SMILES string of the molecule is O=C(CCc1nnc2ccc(N3CCCCC3)nn12)Nc1ccc(S(=O)(=O)N2CCCCCC2)cc1. The van der Waals surface area contributed by atoms with Crippen molar-refractivity contribution in [3.63, 3.8) is 0 Å². The maximum absolute atomic E-state index is 13.0. The van der Waals surface area contributed by atoms with Gasteiger partial charge in [-0.3, -0.25) is 4.79 Å². The lowest BCUT2D eigenvalue weighted by Crippen LogP contribution is -2.31. The normalized spacial score (nSPS) is 17.7. The summed E-state index contributed by atoms with van der Waals surface area (Å²) in [5, 5.41) is 16.0. The molecular formula is C25H33N7O3S. The summed E-state index contributed by atoms with van der Waals surface area (Å²) >= 11 is 0. The first kappa shape index (κ1) is 24.6. The third-order valence-electron chi connectivity index (χ3n) is 6.91. The van der Waals surface area contributed by atoms with E-state index >= 15 is 0 Å². The minimum absolute atomic E-state index is 0.179. The van der Waals surface area contributed by atoms with Gasteiger partial charge in [0.1, 0.15) is 5.82 Å². The number of hydrogen-bond donors (Lipinski definition) is 1. The summed E-state index contributed by atoms with van der Waals surface area (Å²) < 4.78 is 29.2. The van der Waals surface area contributed by atoms with Crippen molar-refractivity contribution < 1.29 is 13.2 Å². The number of fused-ring (bicyclic) bond motifs is 1. The topological polar surface area (TPSA) is 113 Å². The van der Waals surface area contributed by atoms with Crippen LogP contribution >= 0.6 is 0 Å². The highest BCUT2D eigenvalue weighted by molar-refractivity contribution is 7.89. The maximum Gasteiger partial charge on any atom is 0.243 e. The largest absolute Gasteiger partial charge is 0.355 e. The Morgan fingerprint density at radius 1 is 0.833 bits per heavy atom. The van der Waals surface area contributed by atoms with E-state index in [0.29, 0.717) is 36.7 Å². The first-order valence-electron chi connectivity index (χ1n) is 12.9. The number of carbonyl (C=O) groups excluding carboxylic acids is 1. The third-order valence-corrected chi connectivity index (χ3v) is 8.82. The Balaban J connectivity index is 1.19. The van der Waals surface area contributed by atoms with Gasteiger partial charge in [-0.05, 0) is 68.5 Å². The van der Waals surface area contributed by atoms with Gasteiger partial charge in [0.05, 0.1) is 4.90 Å². The van der Waals surface area contributed by atoms with Crippen molar-refractivity contribution >= 4 is 33.1 Å². The number of amides is 1. The second kappa shape index (κ2) is 10.9. The molecule has 4 heterocycles. The van der Waals surface area contributed by atoms with Gasteiger partial charge in [-0.2, -0.15) is 8.82 Å². The molecule has 2 saturated heterocycles. The molecule has 2 aliphatic rings. The van der Waals surface area contributed by atoms with Crippen LogP contribution in [0.15, 0.2) is 41.3 Å². The third kappa shape index (κ3) is 5.52. The van der Waals surface area contributed by atoms with E-state index in [1.54, 1.807) is 33.1 Å². The molecule has 0 unspecified atom stereocenters. The number of rotatable bonds is 7. The molecule has 0 spiro atoms. The number of nitrogens with one attached hydrogen (secondary N) is 1. The zero-order valence-electron chi connectivity index (χ0n) is 20.5. The number of aromatic nitrogens is 4. The molecule has 5 rings (SSSR count). The number of piperidine rings is 1. The van der Waals surface area contributed by atoms with Crippen molar-refractivity contribution in [2.45, 2.75) is 62.7 Å². The zero-order chi connectivity index (χ0) is 25.0. The summed E-state index contributed by atoms with van der Waals surface area (Å²) in [5.74, 6) is 1.36. The molecule has 2 aromatic heterocycles. The van der Waals surface area contributed by atoms with Crippen molar-refractivity contribution in [1.82, 2.24) is 24.1 Å². The standard InChI is InChI=1S/C25H33N7O3S/c33-25(26-20-8-10-21(11-9-20)36(34,35)31-18-6-1-2-7-19-31)15-14-23-28-27-22-12-13-24(29-32(22)23)30-16-4-3-5-17-30/h8-13H,1-7,14-19H2,(H,26,33). The predicted octanol–water partition coefficient (Wildman–Crippen LogP) is 3.25. The van der Waals surface area contributed by atoms with Crippen LogP contribution in [0.4, 0.5) is 11.5 Å². The molecule has 192 valence electrons. The van der Waals surface area contributed by atoms with Gasteiger partial charge >= 0.3 is 0 Å². The Morgan fingerprint density at radius 3 is 2.22 bits per heavy atom. The Labute approximate surface area is 211 Å². The van der Waals surface area contributed by atoms with Crippen LogP contribution in [-0.2, 0) is 21.2 Å². The molecule has 0 aliphatic carbocycles. The summed E-state index contributed by atoms with van der Waals surface area (Å²) in [4.78, 5) is 15.1. The second-order valence-electron chi connectivity index (χ2n) is 9.52. The summed E-state index contributed by atoms with van der Waals surface area (Å²) in [7, 11) is -3.51. The van der Waals surface area contributed by atoms with Crippen LogP contribution in [0.5, 0.6) is 0 Å². The van der Waals surface area contributed by atoms with Crippen LogP contribution in [0.3, 0.4) is 0 Å². The highest BCUT2D eigenvalue weighted by atomic mass is 32.2. The molecular weight excluding hydrogens is 478 g/mol. The van der Waals surface area contributed by atoms with E-state index in [9.17, 15) is 13.2 Å².